The number of hydrogen-bond acceptors (Lipinski definition) is 0. The van der Waals surface area contributed by atoms with E-state index in [1.807, 2.05) is 24.4 Å². The van der Waals surface area contributed by atoms with Crippen molar-refractivity contribution in [3.8, 4) is 12.3 Å². The maximum absolute atomic E-state index is 5.84. The summed E-state index contributed by atoms with van der Waals surface area (Å²) in [4.78, 5) is 3.13. The molecule has 2 aromatic rings. The number of aromatic nitrogens is 1. The number of aromatic amines is 1. The summed E-state index contributed by atoms with van der Waals surface area (Å²) >= 11 is 5.84. The topological polar surface area (TPSA) is 15.8 Å². The number of terminal acetylenes is 1. The molecule has 0 aliphatic carbocycles. The number of rotatable bonds is 1. The molecule has 2 heteroatoms. The van der Waals surface area contributed by atoms with Crippen LogP contribution in [0.4, 0.5) is 0 Å². The third-order valence-corrected chi connectivity index (χ3v) is 2.26. The largest absolute Gasteiger partial charge is 0.361 e. The molecule has 0 amide bonds. The van der Waals surface area contributed by atoms with Gasteiger partial charge in [0.2, 0.25) is 0 Å². The summed E-state index contributed by atoms with van der Waals surface area (Å²) in [6.07, 6.45) is 7.84. The summed E-state index contributed by atoms with van der Waals surface area (Å²) in [5.41, 5.74) is 2.19. The van der Waals surface area contributed by atoms with E-state index >= 15 is 0 Å². The van der Waals surface area contributed by atoms with Crippen LogP contribution in [0.1, 0.15) is 5.56 Å². The number of benzene rings is 1. The molecule has 1 N–H and O–H groups in total. The van der Waals surface area contributed by atoms with Gasteiger partial charge in [0.05, 0.1) is 0 Å². The molecule has 1 heterocycles. The highest BCUT2D eigenvalue weighted by Gasteiger charge is 2.01. The molecule has 0 spiro atoms. The van der Waals surface area contributed by atoms with Gasteiger partial charge in [0, 0.05) is 28.5 Å². The number of nitrogens with one attached hydrogen (secondary N) is 1. The standard InChI is InChI=1S/C11H8ClN/c1-2-3-8-7-13-11-6-9(12)4-5-10(8)11/h1,4-7,13H,3H2. The van der Waals surface area contributed by atoms with Gasteiger partial charge < -0.3 is 4.98 Å². The van der Waals surface area contributed by atoms with Crippen molar-refractivity contribution in [3.05, 3.63) is 35.0 Å². The summed E-state index contributed by atoms with van der Waals surface area (Å²) < 4.78 is 0. The van der Waals surface area contributed by atoms with Crippen molar-refractivity contribution in [2.24, 2.45) is 0 Å². The maximum Gasteiger partial charge on any atom is 0.0472 e. The van der Waals surface area contributed by atoms with Gasteiger partial charge in [0.15, 0.2) is 0 Å². The van der Waals surface area contributed by atoms with Crippen molar-refractivity contribution in [2.75, 3.05) is 0 Å². The van der Waals surface area contributed by atoms with Gasteiger partial charge in [-0.2, -0.15) is 0 Å². The zero-order valence-electron chi connectivity index (χ0n) is 6.97. The van der Waals surface area contributed by atoms with Crippen LogP contribution in [0.5, 0.6) is 0 Å². The number of halogens is 1. The van der Waals surface area contributed by atoms with Crippen LogP contribution in [0, 0.1) is 12.3 Å². The molecule has 0 unspecified atom stereocenters. The molecule has 0 atom stereocenters. The molecule has 13 heavy (non-hydrogen) atoms. The lowest BCUT2D eigenvalue weighted by Gasteiger charge is -1.93. The fourth-order valence-electron chi connectivity index (χ4n) is 1.41. The van der Waals surface area contributed by atoms with Crippen LogP contribution in [0.3, 0.4) is 0 Å². The van der Waals surface area contributed by atoms with E-state index in [4.69, 9.17) is 18.0 Å². The third-order valence-electron chi connectivity index (χ3n) is 2.02. The van der Waals surface area contributed by atoms with Crippen LogP contribution in [-0.2, 0) is 6.42 Å². The Hall–Kier alpha value is -1.39. The van der Waals surface area contributed by atoms with E-state index in [9.17, 15) is 0 Å². The minimum atomic E-state index is 0.654. The van der Waals surface area contributed by atoms with E-state index in [2.05, 4.69) is 10.9 Å². The van der Waals surface area contributed by atoms with Crippen LogP contribution >= 0.6 is 11.6 Å². The molecule has 0 saturated heterocycles. The molecular formula is C11H8ClN. The van der Waals surface area contributed by atoms with E-state index in [1.165, 1.54) is 0 Å². The first-order valence-corrected chi connectivity index (χ1v) is 4.38. The Balaban J connectivity index is 2.63. The van der Waals surface area contributed by atoms with Gasteiger partial charge in [-0.1, -0.05) is 17.7 Å². The van der Waals surface area contributed by atoms with Gasteiger partial charge >= 0.3 is 0 Å². The molecule has 1 aromatic heterocycles. The van der Waals surface area contributed by atoms with Crippen LogP contribution in [-0.4, -0.2) is 4.98 Å². The van der Waals surface area contributed by atoms with Crippen LogP contribution in [0.2, 0.25) is 5.02 Å². The van der Waals surface area contributed by atoms with Crippen molar-refractivity contribution >= 4 is 22.5 Å². The summed E-state index contributed by atoms with van der Waals surface area (Å²) in [6.45, 7) is 0. The fraction of sp³-hybridized carbons (Fsp3) is 0.0909. The summed E-state index contributed by atoms with van der Waals surface area (Å²) in [6, 6.07) is 5.76. The average molecular weight is 190 g/mol. The van der Waals surface area contributed by atoms with Crippen molar-refractivity contribution in [2.45, 2.75) is 6.42 Å². The molecule has 0 saturated carbocycles. The second kappa shape index (κ2) is 3.16. The van der Waals surface area contributed by atoms with Crippen molar-refractivity contribution in [3.63, 3.8) is 0 Å². The van der Waals surface area contributed by atoms with Crippen molar-refractivity contribution in [1.29, 1.82) is 0 Å². The number of H-pyrrole nitrogens is 1. The van der Waals surface area contributed by atoms with E-state index in [-0.39, 0.29) is 0 Å². The fourth-order valence-corrected chi connectivity index (χ4v) is 1.59. The quantitative estimate of drug-likeness (QED) is 0.664. The minimum absolute atomic E-state index is 0.654. The Bertz CT molecular complexity index is 476. The highest BCUT2D eigenvalue weighted by Crippen LogP contribution is 2.21. The van der Waals surface area contributed by atoms with E-state index < -0.39 is 0 Å². The molecule has 64 valence electrons. The summed E-state index contributed by atoms with van der Waals surface area (Å²) in [5.74, 6) is 2.62. The van der Waals surface area contributed by atoms with Gasteiger partial charge in [0.1, 0.15) is 0 Å². The first kappa shape index (κ1) is 8.22. The zero-order chi connectivity index (χ0) is 9.26. The van der Waals surface area contributed by atoms with Crippen molar-refractivity contribution in [1.82, 2.24) is 4.98 Å². The first-order chi connectivity index (χ1) is 6.31. The highest BCUT2D eigenvalue weighted by atomic mass is 35.5. The molecule has 1 aromatic carbocycles. The van der Waals surface area contributed by atoms with Gasteiger partial charge in [0.25, 0.3) is 0 Å². The van der Waals surface area contributed by atoms with Gasteiger partial charge in [-0.3, -0.25) is 0 Å². The van der Waals surface area contributed by atoms with Gasteiger partial charge in [-0.15, -0.1) is 12.3 Å². The molecule has 1 nitrogen and oxygen atoms in total. The van der Waals surface area contributed by atoms with Crippen LogP contribution in [0.25, 0.3) is 10.9 Å². The Morgan fingerprint density at radius 3 is 3.08 bits per heavy atom. The highest BCUT2D eigenvalue weighted by molar-refractivity contribution is 6.31. The lowest BCUT2D eigenvalue weighted by molar-refractivity contribution is 1.33. The van der Waals surface area contributed by atoms with Gasteiger partial charge in [-0.05, 0) is 17.7 Å². The second-order valence-electron chi connectivity index (χ2n) is 2.88. The summed E-state index contributed by atoms with van der Waals surface area (Å²) in [5, 5.41) is 1.89. The lowest BCUT2D eigenvalue weighted by Crippen LogP contribution is -1.76. The molecule has 0 bridgehead atoms. The minimum Gasteiger partial charge on any atom is -0.361 e. The molecule has 0 aliphatic heterocycles. The Morgan fingerprint density at radius 2 is 2.31 bits per heavy atom. The first-order valence-electron chi connectivity index (χ1n) is 4.00. The lowest BCUT2D eigenvalue weighted by atomic mass is 10.1. The van der Waals surface area contributed by atoms with Gasteiger partial charge in [-0.25, -0.2) is 0 Å². The molecule has 2 rings (SSSR count). The smallest absolute Gasteiger partial charge is 0.0472 e. The molecule has 0 fully saturated rings. The monoisotopic (exact) mass is 189 g/mol. The predicted octanol–water partition coefficient (Wildman–Crippen LogP) is 3.00. The summed E-state index contributed by atoms with van der Waals surface area (Å²) in [7, 11) is 0. The Morgan fingerprint density at radius 1 is 1.46 bits per heavy atom. The maximum atomic E-state index is 5.84. The molecule has 0 aliphatic rings. The molecular weight excluding hydrogens is 182 g/mol. The van der Waals surface area contributed by atoms with Crippen molar-refractivity contribution < 1.29 is 0 Å². The zero-order valence-corrected chi connectivity index (χ0v) is 7.73. The van der Waals surface area contributed by atoms with Crippen LogP contribution in [0.15, 0.2) is 24.4 Å². The number of fused-ring (bicyclic) bond motifs is 1. The predicted molar refractivity (Wildman–Crippen MR) is 55.8 cm³/mol. The molecule has 0 radical (unpaired) electrons. The van der Waals surface area contributed by atoms with E-state index in [0.29, 0.717) is 6.42 Å². The van der Waals surface area contributed by atoms with E-state index in [0.717, 1.165) is 21.5 Å². The average Bonchev–Trinajstić information content (AvgIpc) is 2.49. The number of hydrogen-bond donors (Lipinski definition) is 1. The third kappa shape index (κ3) is 1.41. The Kier molecular flexibility index (Phi) is 2.00. The Labute approximate surface area is 81.7 Å². The second-order valence-corrected chi connectivity index (χ2v) is 3.32. The van der Waals surface area contributed by atoms with E-state index in [1.54, 1.807) is 0 Å². The normalized spacial score (nSPS) is 10.2. The SMILES string of the molecule is C#CCc1c[nH]c2cc(Cl)ccc12. The van der Waals surface area contributed by atoms with Crippen LogP contribution < -0.4 is 0 Å².